The zero-order valence-corrected chi connectivity index (χ0v) is 11.3. The van der Waals surface area contributed by atoms with Crippen LogP contribution in [0.4, 0.5) is 11.4 Å². The number of benzene rings is 1. The molecule has 1 atom stereocenters. The van der Waals surface area contributed by atoms with E-state index in [1.165, 1.54) is 0 Å². The standard InChI is InChI=1S/C14H24N2O/c1-5-17-14-9-12(6-7-13(14)15)16-11(4)8-10(2)3/h6-7,9-11,16H,5,8,15H2,1-4H3. The largest absolute Gasteiger partial charge is 0.492 e. The zero-order chi connectivity index (χ0) is 12.8. The zero-order valence-electron chi connectivity index (χ0n) is 11.3. The number of anilines is 2. The van der Waals surface area contributed by atoms with E-state index in [9.17, 15) is 0 Å². The van der Waals surface area contributed by atoms with Crippen LogP contribution in [0, 0.1) is 5.92 Å². The van der Waals surface area contributed by atoms with E-state index < -0.39 is 0 Å². The van der Waals surface area contributed by atoms with E-state index in [0.717, 1.165) is 17.9 Å². The fraction of sp³-hybridized carbons (Fsp3) is 0.571. The van der Waals surface area contributed by atoms with Gasteiger partial charge in [-0.15, -0.1) is 0 Å². The minimum Gasteiger partial charge on any atom is -0.492 e. The number of hydrogen-bond donors (Lipinski definition) is 2. The van der Waals surface area contributed by atoms with Crippen LogP contribution < -0.4 is 15.8 Å². The Balaban J connectivity index is 2.68. The molecule has 0 amide bonds. The van der Waals surface area contributed by atoms with Crippen molar-refractivity contribution in [2.24, 2.45) is 5.92 Å². The highest BCUT2D eigenvalue weighted by Gasteiger charge is 2.07. The molecule has 0 fully saturated rings. The Morgan fingerprint density at radius 2 is 2.00 bits per heavy atom. The SMILES string of the molecule is CCOc1cc(NC(C)CC(C)C)ccc1N. The number of nitrogen functional groups attached to an aromatic ring is 1. The highest BCUT2D eigenvalue weighted by Crippen LogP contribution is 2.26. The number of rotatable bonds is 6. The Bertz CT molecular complexity index is 350. The lowest BCUT2D eigenvalue weighted by atomic mass is 10.1. The van der Waals surface area contributed by atoms with Gasteiger partial charge < -0.3 is 15.8 Å². The molecule has 3 heteroatoms. The van der Waals surface area contributed by atoms with Crippen LogP contribution in [0.2, 0.25) is 0 Å². The van der Waals surface area contributed by atoms with E-state index in [0.29, 0.717) is 24.3 Å². The molecule has 1 aromatic carbocycles. The van der Waals surface area contributed by atoms with Crippen LogP contribution in [0.15, 0.2) is 18.2 Å². The van der Waals surface area contributed by atoms with E-state index in [2.05, 4.69) is 26.1 Å². The molecule has 0 radical (unpaired) electrons. The second-order valence-electron chi connectivity index (χ2n) is 4.86. The Hall–Kier alpha value is -1.38. The molecule has 1 unspecified atom stereocenters. The van der Waals surface area contributed by atoms with E-state index in [1.54, 1.807) is 0 Å². The van der Waals surface area contributed by atoms with Crippen molar-refractivity contribution in [3.05, 3.63) is 18.2 Å². The normalized spacial score (nSPS) is 12.5. The topological polar surface area (TPSA) is 47.3 Å². The Kier molecular flexibility index (Phi) is 5.13. The molecule has 1 rings (SSSR count). The van der Waals surface area contributed by atoms with Gasteiger partial charge in [-0.2, -0.15) is 0 Å². The lowest BCUT2D eigenvalue weighted by Gasteiger charge is -2.18. The van der Waals surface area contributed by atoms with Crippen molar-refractivity contribution in [2.45, 2.75) is 40.2 Å². The molecule has 1 aromatic rings. The summed E-state index contributed by atoms with van der Waals surface area (Å²) in [6.07, 6.45) is 1.15. The predicted octanol–water partition coefficient (Wildman–Crippen LogP) is 3.51. The summed E-state index contributed by atoms with van der Waals surface area (Å²) in [6.45, 7) is 9.24. The molecule has 0 aliphatic rings. The van der Waals surface area contributed by atoms with Crippen LogP contribution in [0.3, 0.4) is 0 Å². The molecule has 96 valence electrons. The van der Waals surface area contributed by atoms with Gasteiger partial charge in [0.15, 0.2) is 0 Å². The molecule has 17 heavy (non-hydrogen) atoms. The minimum absolute atomic E-state index is 0.452. The van der Waals surface area contributed by atoms with Crippen LogP contribution in [-0.2, 0) is 0 Å². The molecule has 3 nitrogen and oxygen atoms in total. The average molecular weight is 236 g/mol. The summed E-state index contributed by atoms with van der Waals surface area (Å²) in [6, 6.07) is 6.30. The molecule has 0 aromatic heterocycles. The lowest BCUT2D eigenvalue weighted by molar-refractivity contribution is 0.342. The van der Waals surface area contributed by atoms with E-state index in [-0.39, 0.29) is 0 Å². The summed E-state index contributed by atoms with van der Waals surface area (Å²) >= 11 is 0. The third-order valence-corrected chi connectivity index (χ3v) is 2.55. The van der Waals surface area contributed by atoms with Crippen LogP contribution >= 0.6 is 0 Å². The van der Waals surface area contributed by atoms with Crippen molar-refractivity contribution in [3.63, 3.8) is 0 Å². The highest BCUT2D eigenvalue weighted by atomic mass is 16.5. The van der Waals surface area contributed by atoms with Crippen molar-refractivity contribution >= 4 is 11.4 Å². The summed E-state index contributed by atoms with van der Waals surface area (Å²) < 4.78 is 5.47. The number of hydrogen-bond acceptors (Lipinski definition) is 3. The first-order valence-electron chi connectivity index (χ1n) is 6.31. The molecular weight excluding hydrogens is 212 g/mol. The summed E-state index contributed by atoms with van der Waals surface area (Å²) in [5.41, 5.74) is 7.59. The Morgan fingerprint density at radius 1 is 1.29 bits per heavy atom. The molecule has 3 N–H and O–H groups in total. The molecule has 0 saturated heterocycles. The fourth-order valence-corrected chi connectivity index (χ4v) is 1.96. The predicted molar refractivity (Wildman–Crippen MR) is 74.6 cm³/mol. The van der Waals surface area contributed by atoms with Gasteiger partial charge in [0.25, 0.3) is 0 Å². The first kappa shape index (κ1) is 13.7. The van der Waals surface area contributed by atoms with Crippen LogP contribution in [0.1, 0.15) is 34.1 Å². The van der Waals surface area contributed by atoms with Gasteiger partial charge in [-0.05, 0) is 38.3 Å². The first-order chi connectivity index (χ1) is 8.02. The van der Waals surface area contributed by atoms with Gasteiger partial charge in [-0.25, -0.2) is 0 Å². The van der Waals surface area contributed by atoms with Gasteiger partial charge in [0, 0.05) is 17.8 Å². The van der Waals surface area contributed by atoms with Crippen LogP contribution in [0.5, 0.6) is 5.75 Å². The molecule has 0 aliphatic heterocycles. The quantitative estimate of drug-likeness (QED) is 0.743. The van der Waals surface area contributed by atoms with E-state index in [4.69, 9.17) is 10.5 Å². The van der Waals surface area contributed by atoms with Gasteiger partial charge in [0.1, 0.15) is 5.75 Å². The third-order valence-electron chi connectivity index (χ3n) is 2.55. The first-order valence-corrected chi connectivity index (χ1v) is 6.31. The van der Waals surface area contributed by atoms with Crippen molar-refractivity contribution in [1.29, 1.82) is 0 Å². The summed E-state index contributed by atoms with van der Waals surface area (Å²) in [5, 5.41) is 3.46. The molecule has 0 bridgehead atoms. The monoisotopic (exact) mass is 236 g/mol. The summed E-state index contributed by atoms with van der Waals surface area (Å²) in [7, 11) is 0. The van der Waals surface area contributed by atoms with Crippen LogP contribution in [0.25, 0.3) is 0 Å². The Labute approximate surface area is 104 Å². The molecule has 0 saturated carbocycles. The van der Waals surface area contributed by atoms with Crippen molar-refractivity contribution in [3.8, 4) is 5.75 Å². The number of nitrogens with one attached hydrogen (secondary N) is 1. The lowest BCUT2D eigenvalue weighted by Crippen LogP contribution is -2.17. The van der Waals surface area contributed by atoms with E-state index in [1.807, 2.05) is 25.1 Å². The second kappa shape index (κ2) is 6.38. The van der Waals surface area contributed by atoms with Crippen molar-refractivity contribution in [2.75, 3.05) is 17.7 Å². The molecular formula is C14H24N2O. The van der Waals surface area contributed by atoms with Gasteiger partial charge in [-0.1, -0.05) is 13.8 Å². The van der Waals surface area contributed by atoms with Gasteiger partial charge in [0.2, 0.25) is 0 Å². The maximum absolute atomic E-state index is 5.83. The van der Waals surface area contributed by atoms with Gasteiger partial charge >= 0.3 is 0 Å². The van der Waals surface area contributed by atoms with Gasteiger partial charge in [-0.3, -0.25) is 0 Å². The number of ether oxygens (including phenoxy) is 1. The van der Waals surface area contributed by atoms with E-state index >= 15 is 0 Å². The number of nitrogens with two attached hydrogens (primary N) is 1. The average Bonchev–Trinajstić information content (AvgIpc) is 2.22. The third kappa shape index (κ3) is 4.55. The summed E-state index contributed by atoms with van der Waals surface area (Å²) in [4.78, 5) is 0. The smallest absolute Gasteiger partial charge is 0.144 e. The van der Waals surface area contributed by atoms with Crippen molar-refractivity contribution in [1.82, 2.24) is 0 Å². The highest BCUT2D eigenvalue weighted by molar-refractivity contribution is 5.61. The second-order valence-corrected chi connectivity index (χ2v) is 4.86. The van der Waals surface area contributed by atoms with Crippen molar-refractivity contribution < 1.29 is 4.74 Å². The molecule has 0 aliphatic carbocycles. The van der Waals surface area contributed by atoms with Crippen LogP contribution in [-0.4, -0.2) is 12.6 Å². The maximum atomic E-state index is 5.83. The molecule has 0 spiro atoms. The Morgan fingerprint density at radius 3 is 2.59 bits per heavy atom. The van der Waals surface area contributed by atoms with Gasteiger partial charge in [0.05, 0.1) is 12.3 Å². The summed E-state index contributed by atoms with van der Waals surface area (Å²) in [5.74, 6) is 1.45. The minimum atomic E-state index is 0.452. The molecule has 0 heterocycles. The fourth-order valence-electron chi connectivity index (χ4n) is 1.96. The maximum Gasteiger partial charge on any atom is 0.144 e.